The van der Waals surface area contributed by atoms with Crippen LogP contribution in [0.15, 0.2) is 42.0 Å². The summed E-state index contributed by atoms with van der Waals surface area (Å²) in [6.07, 6.45) is 11.0. The largest absolute Gasteiger partial charge is 0.458 e. The zero-order valence-corrected chi connectivity index (χ0v) is 17.8. The van der Waals surface area contributed by atoms with Crippen molar-refractivity contribution in [2.45, 2.75) is 77.4 Å². The molecule has 0 bridgehead atoms. The second-order valence-corrected chi connectivity index (χ2v) is 10.5. The quantitative estimate of drug-likeness (QED) is 0.529. The average molecular weight is 395 g/mol. The predicted octanol–water partition coefficient (Wildman–Crippen LogP) is 5.54. The minimum Gasteiger partial charge on any atom is -0.458 e. The van der Waals surface area contributed by atoms with Gasteiger partial charge in [0.1, 0.15) is 6.10 Å². The Hall–Kier alpha value is -1.61. The van der Waals surface area contributed by atoms with E-state index in [9.17, 15) is 9.90 Å². The summed E-state index contributed by atoms with van der Waals surface area (Å²) in [5.41, 5.74) is 2.54. The first-order chi connectivity index (χ1) is 13.9. The van der Waals surface area contributed by atoms with Crippen molar-refractivity contribution in [3.63, 3.8) is 0 Å². The molecule has 4 aliphatic carbocycles. The first-order valence-corrected chi connectivity index (χ1v) is 11.6. The second-order valence-electron chi connectivity index (χ2n) is 10.5. The van der Waals surface area contributed by atoms with E-state index in [1.165, 1.54) is 18.4 Å². The molecular formula is C26H34O3. The van der Waals surface area contributed by atoms with Gasteiger partial charge in [-0.1, -0.05) is 43.7 Å². The lowest BCUT2D eigenvalue weighted by Crippen LogP contribution is -2.51. The minimum atomic E-state index is -0.168. The number of carbonyl (C=O) groups is 1. The van der Waals surface area contributed by atoms with Gasteiger partial charge in [-0.15, -0.1) is 0 Å². The summed E-state index contributed by atoms with van der Waals surface area (Å²) < 4.78 is 6.11. The summed E-state index contributed by atoms with van der Waals surface area (Å²) in [6.45, 7) is 4.85. The van der Waals surface area contributed by atoms with Gasteiger partial charge in [0.05, 0.1) is 11.7 Å². The summed E-state index contributed by atoms with van der Waals surface area (Å²) in [5, 5.41) is 10.2. The van der Waals surface area contributed by atoms with Gasteiger partial charge in [-0.25, -0.2) is 4.79 Å². The van der Waals surface area contributed by atoms with E-state index in [0.717, 1.165) is 44.4 Å². The highest BCUT2D eigenvalue weighted by atomic mass is 16.5. The highest BCUT2D eigenvalue weighted by Crippen LogP contribution is 2.65. The van der Waals surface area contributed by atoms with Crippen molar-refractivity contribution in [3.8, 4) is 0 Å². The van der Waals surface area contributed by atoms with Crippen molar-refractivity contribution < 1.29 is 14.6 Å². The molecule has 5 rings (SSSR count). The molecule has 1 aromatic rings. The van der Waals surface area contributed by atoms with Gasteiger partial charge in [0.25, 0.3) is 0 Å². The number of carbonyl (C=O) groups excluding carboxylic acids is 1. The molecule has 156 valence electrons. The molecule has 0 aliphatic heterocycles. The summed E-state index contributed by atoms with van der Waals surface area (Å²) in [5.74, 6) is 1.88. The highest BCUT2D eigenvalue weighted by molar-refractivity contribution is 5.89. The van der Waals surface area contributed by atoms with E-state index in [-0.39, 0.29) is 29.0 Å². The molecule has 3 saturated carbocycles. The molecule has 7 atom stereocenters. The number of aliphatic hydroxyl groups is 1. The van der Waals surface area contributed by atoms with Crippen LogP contribution in [-0.2, 0) is 4.74 Å². The molecule has 1 N–H and O–H groups in total. The minimum absolute atomic E-state index is 0.0347. The van der Waals surface area contributed by atoms with Gasteiger partial charge in [-0.2, -0.15) is 0 Å². The van der Waals surface area contributed by atoms with Crippen molar-refractivity contribution in [1.29, 1.82) is 0 Å². The molecule has 4 aliphatic rings. The Labute approximate surface area is 174 Å². The van der Waals surface area contributed by atoms with Crippen molar-refractivity contribution in [2.75, 3.05) is 0 Å². The van der Waals surface area contributed by atoms with Crippen molar-refractivity contribution in [3.05, 3.63) is 47.5 Å². The van der Waals surface area contributed by atoms with E-state index in [4.69, 9.17) is 4.74 Å². The fraction of sp³-hybridized carbons (Fsp3) is 0.654. The third-order valence-electron chi connectivity index (χ3n) is 9.25. The molecule has 0 aromatic heterocycles. The first kappa shape index (κ1) is 19.4. The molecule has 0 heterocycles. The van der Waals surface area contributed by atoms with E-state index in [0.29, 0.717) is 17.4 Å². The van der Waals surface area contributed by atoms with Crippen LogP contribution in [0.4, 0.5) is 0 Å². The Morgan fingerprint density at radius 1 is 1.03 bits per heavy atom. The lowest BCUT2D eigenvalue weighted by molar-refractivity contribution is -0.0778. The highest BCUT2D eigenvalue weighted by Gasteiger charge is 2.59. The van der Waals surface area contributed by atoms with Crippen molar-refractivity contribution >= 4 is 5.97 Å². The first-order valence-electron chi connectivity index (χ1n) is 11.6. The van der Waals surface area contributed by atoms with Crippen molar-refractivity contribution in [2.24, 2.45) is 28.6 Å². The molecule has 1 aromatic carbocycles. The molecule has 3 nitrogen and oxygen atoms in total. The Morgan fingerprint density at radius 2 is 1.83 bits per heavy atom. The van der Waals surface area contributed by atoms with Crippen LogP contribution in [0.5, 0.6) is 0 Å². The number of ether oxygens (including phenoxy) is 1. The summed E-state index contributed by atoms with van der Waals surface area (Å²) in [4.78, 5) is 12.7. The van der Waals surface area contributed by atoms with E-state index >= 15 is 0 Å². The van der Waals surface area contributed by atoms with E-state index in [2.05, 4.69) is 19.9 Å². The molecule has 0 saturated heterocycles. The van der Waals surface area contributed by atoms with Crippen LogP contribution >= 0.6 is 0 Å². The average Bonchev–Trinajstić information content (AvgIpc) is 3.05. The third kappa shape index (κ3) is 3.00. The van der Waals surface area contributed by atoms with Gasteiger partial charge < -0.3 is 9.84 Å². The zero-order chi connectivity index (χ0) is 20.2. The predicted molar refractivity (Wildman–Crippen MR) is 113 cm³/mol. The molecule has 0 spiro atoms. The maximum absolute atomic E-state index is 12.7. The molecule has 0 radical (unpaired) electrons. The lowest BCUT2D eigenvalue weighted by Gasteiger charge is -2.57. The monoisotopic (exact) mass is 394 g/mol. The number of hydrogen-bond acceptors (Lipinski definition) is 3. The fourth-order valence-electron chi connectivity index (χ4n) is 7.56. The van der Waals surface area contributed by atoms with Crippen LogP contribution in [-0.4, -0.2) is 23.3 Å². The standard InChI is InChI=1S/C26H34O3/c1-25-14-12-19(27)16-18(25)8-9-20-21-10-11-23(26(21,2)15-13-22(20)25)29-24(28)17-6-4-3-5-7-17/h3-8,19-23,27H,9-16H2,1-2H3/t19?,20-,21-,22+,23?,25-,26-/m0/s1. The number of rotatable bonds is 2. The summed E-state index contributed by atoms with van der Waals surface area (Å²) >= 11 is 0. The summed E-state index contributed by atoms with van der Waals surface area (Å²) in [6, 6.07) is 9.42. The number of fused-ring (bicyclic) bond motifs is 5. The van der Waals surface area contributed by atoms with Crippen LogP contribution in [0.2, 0.25) is 0 Å². The fourth-order valence-corrected chi connectivity index (χ4v) is 7.56. The Balaban J connectivity index is 1.36. The van der Waals surface area contributed by atoms with Crippen LogP contribution < -0.4 is 0 Å². The number of aliphatic hydroxyl groups excluding tert-OH is 1. The maximum Gasteiger partial charge on any atom is 0.338 e. The molecule has 0 amide bonds. The van der Waals surface area contributed by atoms with E-state index in [1.54, 1.807) is 0 Å². The van der Waals surface area contributed by atoms with Crippen LogP contribution in [0.3, 0.4) is 0 Å². The van der Waals surface area contributed by atoms with Crippen LogP contribution in [0, 0.1) is 28.6 Å². The molecule has 29 heavy (non-hydrogen) atoms. The second kappa shape index (κ2) is 6.97. The Bertz CT molecular complexity index is 815. The van der Waals surface area contributed by atoms with Crippen molar-refractivity contribution in [1.82, 2.24) is 0 Å². The number of allylic oxidation sites excluding steroid dienone is 1. The number of esters is 1. The van der Waals surface area contributed by atoms with Gasteiger partial charge in [0, 0.05) is 5.41 Å². The van der Waals surface area contributed by atoms with Gasteiger partial charge in [0.15, 0.2) is 0 Å². The van der Waals surface area contributed by atoms with E-state index in [1.807, 2.05) is 30.3 Å². The number of hydrogen-bond donors (Lipinski definition) is 1. The lowest BCUT2D eigenvalue weighted by atomic mass is 9.48. The molecule has 3 heteroatoms. The summed E-state index contributed by atoms with van der Waals surface area (Å²) in [7, 11) is 0. The van der Waals surface area contributed by atoms with Crippen LogP contribution in [0.1, 0.15) is 75.6 Å². The topological polar surface area (TPSA) is 46.5 Å². The number of benzene rings is 1. The SMILES string of the molecule is C[C@]12CCC(O)CC1=CC[C@@H]1[C@H]2CC[C@]2(C)C(OC(=O)c3ccccc3)CC[C@@H]12. The van der Waals surface area contributed by atoms with Crippen LogP contribution in [0.25, 0.3) is 0 Å². The van der Waals surface area contributed by atoms with E-state index < -0.39 is 0 Å². The third-order valence-corrected chi connectivity index (χ3v) is 9.25. The Kier molecular flexibility index (Phi) is 4.66. The van der Waals surface area contributed by atoms with Gasteiger partial charge in [-0.05, 0) is 86.7 Å². The molecule has 2 unspecified atom stereocenters. The molecule has 3 fully saturated rings. The Morgan fingerprint density at radius 3 is 2.62 bits per heavy atom. The smallest absolute Gasteiger partial charge is 0.338 e. The molecular weight excluding hydrogens is 360 g/mol. The normalized spacial score (nSPS) is 43.6. The van der Waals surface area contributed by atoms with Gasteiger partial charge in [0.2, 0.25) is 0 Å². The maximum atomic E-state index is 12.7. The van der Waals surface area contributed by atoms with Gasteiger partial charge >= 0.3 is 5.97 Å². The van der Waals surface area contributed by atoms with Gasteiger partial charge in [-0.3, -0.25) is 0 Å². The zero-order valence-electron chi connectivity index (χ0n) is 17.8.